The van der Waals surface area contributed by atoms with Crippen molar-refractivity contribution in [2.24, 2.45) is 5.10 Å². The van der Waals surface area contributed by atoms with Gasteiger partial charge in [0.1, 0.15) is 0 Å². The van der Waals surface area contributed by atoms with Gasteiger partial charge in [-0.05, 0) is 67.9 Å². The number of halogens is 1. The molecular weight excluding hydrogens is 552 g/mol. The molecule has 0 fully saturated rings. The molecule has 3 aromatic carbocycles. The summed E-state index contributed by atoms with van der Waals surface area (Å²) >= 11 is 3.51. The van der Waals surface area contributed by atoms with Crippen LogP contribution in [0.4, 0.5) is 5.69 Å². The van der Waals surface area contributed by atoms with Gasteiger partial charge >= 0.3 is 0 Å². The summed E-state index contributed by atoms with van der Waals surface area (Å²) in [5.41, 5.74) is 8.33. The Labute approximate surface area is 225 Å². The molecule has 0 saturated heterocycles. The molecule has 4 aromatic rings. The summed E-state index contributed by atoms with van der Waals surface area (Å²) in [5, 5.41) is 4.15. The molecule has 0 atom stereocenters. The number of aryl methyl sites for hydroxylation is 1. The summed E-state index contributed by atoms with van der Waals surface area (Å²) < 4.78 is 29.1. The van der Waals surface area contributed by atoms with Gasteiger partial charge in [0.05, 0.1) is 24.7 Å². The van der Waals surface area contributed by atoms with Gasteiger partial charge in [0.2, 0.25) is 10.0 Å². The van der Waals surface area contributed by atoms with Crippen LogP contribution < -0.4 is 9.73 Å². The highest BCUT2D eigenvalue weighted by Gasteiger charge is 2.18. The van der Waals surface area contributed by atoms with Crippen LogP contribution in [0.5, 0.6) is 0 Å². The second-order valence-corrected chi connectivity index (χ2v) is 11.5. The van der Waals surface area contributed by atoms with Gasteiger partial charge in [-0.25, -0.2) is 13.8 Å². The fourth-order valence-electron chi connectivity index (χ4n) is 4.08. The molecule has 0 aliphatic heterocycles. The summed E-state index contributed by atoms with van der Waals surface area (Å²) in [4.78, 5) is 12.6. The highest BCUT2D eigenvalue weighted by molar-refractivity contribution is 9.10. The minimum Gasteiger partial charge on any atom is -0.318 e. The van der Waals surface area contributed by atoms with Crippen LogP contribution in [0.25, 0.3) is 5.69 Å². The van der Waals surface area contributed by atoms with E-state index in [0.29, 0.717) is 11.3 Å². The number of carbonyl (C=O) groups is 1. The fourth-order valence-corrected chi connectivity index (χ4v) is 5.35. The summed E-state index contributed by atoms with van der Waals surface area (Å²) in [6.45, 7) is 4.19. The molecule has 0 radical (unpaired) electrons. The minimum absolute atomic E-state index is 0.163. The molecule has 0 bridgehead atoms. The summed E-state index contributed by atoms with van der Waals surface area (Å²) in [6, 6.07) is 25.8. The molecule has 7 nitrogen and oxygen atoms in total. The third-order valence-corrected chi connectivity index (χ3v) is 7.53. The van der Waals surface area contributed by atoms with Crippen molar-refractivity contribution in [1.29, 1.82) is 0 Å². The molecule has 0 aliphatic rings. The molecule has 0 spiro atoms. The number of hydrogen-bond donors (Lipinski definition) is 1. The predicted octanol–water partition coefficient (Wildman–Crippen LogP) is 5.59. The van der Waals surface area contributed by atoms with Gasteiger partial charge in [0, 0.05) is 32.7 Å². The van der Waals surface area contributed by atoms with E-state index in [1.165, 1.54) is 10.6 Å². The molecule has 1 N–H and O–H groups in total. The van der Waals surface area contributed by atoms with Crippen molar-refractivity contribution < 1.29 is 13.2 Å². The molecule has 9 heteroatoms. The van der Waals surface area contributed by atoms with Gasteiger partial charge in [-0.3, -0.25) is 9.10 Å². The average molecular weight is 580 g/mol. The zero-order valence-corrected chi connectivity index (χ0v) is 23.1. The minimum atomic E-state index is -3.48. The number of carbonyl (C=O) groups excluding carboxylic acids is 1. The Morgan fingerprint density at radius 2 is 1.70 bits per heavy atom. The Balaban J connectivity index is 1.43. The maximum absolute atomic E-state index is 12.6. The Morgan fingerprint density at radius 1 is 1.00 bits per heavy atom. The number of nitrogens with one attached hydrogen (secondary N) is 1. The molecule has 1 amide bonds. The topological polar surface area (TPSA) is 83.8 Å². The zero-order valence-electron chi connectivity index (χ0n) is 20.7. The number of anilines is 1. The Bertz CT molecular complexity index is 1550. The van der Waals surface area contributed by atoms with Crippen LogP contribution in [0.2, 0.25) is 0 Å². The highest BCUT2D eigenvalue weighted by Crippen LogP contribution is 2.23. The van der Waals surface area contributed by atoms with Crippen molar-refractivity contribution in [2.75, 3.05) is 10.6 Å². The molecule has 1 aromatic heterocycles. The SMILES string of the molecule is Cc1cc(/C=N/NC(=O)c2ccc(CN(c3ccccc3)S(C)(=O)=O)cc2)c(C)n1-c1cccc(Br)c1. The normalized spacial score (nSPS) is 11.6. The smallest absolute Gasteiger partial charge is 0.271 e. The van der Waals surface area contributed by atoms with Gasteiger partial charge in [-0.1, -0.05) is 52.3 Å². The number of hydrazone groups is 1. The van der Waals surface area contributed by atoms with Gasteiger partial charge in [0.15, 0.2) is 0 Å². The number of nitrogens with zero attached hydrogens (tertiary/aromatic N) is 3. The van der Waals surface area contributed by atoms with E-state index in [1.54, 1.807) is 54.7 Å². The maximum Gasteiger partial charge on any atom is 0.271 e. The number of para-hydroxylation sites is 1. The second kappa shape index (κ2) is 11.1. The van der Waals surface area contributed by atoms with Crippen LogP contribution in [0.3, 0.4) is 0 Å². The standard InChI is InChI=1S/C28H27BrN4O3S/c1-20-16-24(21(2)33(20)27-11-7-8-25(29)17-27)18-30-31-28(34)23-14-12-22(13-15-23)19-32(37(3,35)36)26-9-5-4-6-10-26/h4-18H,19H2,1-3H3,(H,31,34)/b30-18+. The van der Waals surface area contributed by atoms with Crippen LogP contribution in [0, 0.1) is 13.8 Å². The van der Waals surface area contributed by atoms with E-state index in [2.05, 4.69) is 31.0 Å². The fraction of sp³-hybridized carbons (Fsp3) is 0.143. The molecule has 0 saturated carbocycles. The number of rotatable bonds is 8. The molecule has 1 heterocycles. The number of sulfonamides is 1. The zero-order chi connectivity index (χ0) is 26.6. The van der Waals surface area contributed by atoms with Crippen molar-refractivity contribution in [3.8, 4) is 5.69 Å². The molecular formula is C28H27BrN4O3S. The van der Waals surface area contributed by atoms with E-state index in [-0.39, 0.29) is 12.5 Å². The van der Waals surface area contributed by atoms with Crippen molar-refractivity contribution >= 4 is 43.8 Å². The van der Waals surface area contributed by atoms with Crippen LogP contribution >= 0.6 is 15.9 Å². The van der Waals surface area contributed by atoms with Crippen molar-refractivity contribution in [2.45, 2.75) is 20.4 Å². The molecule has 190 valence electrons. The maximum atomic E-state index is 12.6. The highest BCUT2D eigenvalue weighted by atomic mass is 79.9. The number of aromatic nitrogens is 1. The van der Waals surface area contributed by atoms with Crippen LogP contribution in [0.1, 0.15) is 32.9 Å². The number of hydrogen-bond acceptors (Lipinski definition) is 4. The summed E-state index contributed by atoms with van der Waals surface area (Å²) in [5.74, 6) is -0.355. The van der Waals surface area contributed by atoms with E-state index in [4.69, 9.17) is 0 Å². The average Bonchev–Trinajstić information content (AvgIpc) is 3.15. The third-order valence-electron chi connectivity index (χ3n) is 5.89. The summed E-state index contributed by atoms with van der Waals surface area (Å²) in [7, 11) is -3.48. The molecule has 4 rings (SSSR count). The third kappa shape index (κ3) is 6.36. The van der Waals surface area contributed by atoms with Gasteiger partial charge < -0.3 is 4.57 Å². The van der Waals surface area contributed by atoms with Crippen molar-refractivity contribution in [3.63, 3.8) is 0 Å². The van der Waals surface area contributed by atoms with E-state index < -0.39 is 10.0 Å². The molecule has 0 aliphatic carbocycles. The lowest BCUT2D eigenvalue weighted by Crippen LogP contribution is -2.29. The van der Waals surface area contributed by atoms with E-state index in [9.17, 15) is 13.2 Å². The lowest BCUT2D eigenvalue weighted by molar-refractivity contribution is 0.0955. The molecule has 0 unspecified atom stereocenters. The first-order valence-corrected chi connectivity index (χ1v) is 14.2. The van der Waals surface area contributed by atoms with E-state index >= 15 is 0 Å². The first kappa shape index (κ1) is 26.4. The van der Waals surface area contributed by atoms with Crippen LogP contribution in [-0.2, 0) is 16.6 Å². The van der Waals surface area contributed by atoms with E-state index in [0.717, 1.165) is 32.7 Å². The largest absolute Gasteiger partial charge is 0.318 e. The molecule has 37 heavy (non-hydrogen) atoms. The first-order valence-electron chi connectivity index (χ1n) is 11.5. The lowest BCUT2D eigenvalue weighted by atomic mass is 10.1. The monoisotopic (exact) mass is 578 g/mol. The van der Waals surface area contributed by atoms with Crippen molar-refractivity contribution in [1.82, 2.24) is 9.99 Å². The van der Waals surface area contributed by atoms with Crippen molar-refractivity contribution in [3.05, 3.63) is 117 Å². The van der Waals surface area contributed by atoms with Gasteiger partial charge in [0.25, 0.3) is 5.91 Å². The predicted molar refractivity (Wildman–Crippen MR) is 152 cm³/mol. The number of benzene rings is 3. The van der Waals surface area contributed by atoms with E-state index in [1.807, 2.05) is 50.2 Å². The first-order chi connectivity index (χ1) is 17.6. The Hall–Kier alpha value is -3.69. The Kier molecular flexibility index (Phi) is 7.94. The van der Waals surface area contributed by atoms with Crippen LogP contribution in [-0.4, -0.2) is 31.4 Å². The Morgan fingerprint density at radius 3 is 2.35 bits per heavy atom. The second-order valence-electron chi connectivity index (χ2n) is 8.64. The quantitative estimate of drug-likeness (QED) is 0.218. The lowest BCUT2D eigenvalue weighted by Gasteiger charge is -2.22. The summed E-state index contributed by atoms with van der Waals surface area (Å²) in [6.07, 6.45) is 2.81. The number of amides is 1. The van der Waals surface area contributed by atoms with Gasteiger partial charge in [-0.2, -0.15) is 5.10 Å². The van der Waals surface area contributed by atoms with Gasteiger partial charge in [-0.15, -0.1) is 0 Å². The van der Waals surface area contributed by atoms with Crippen LogP contribution in [0.15, 0.2) is 94.5 Å².